The SMILES string of the molecule is COc1cccc(-c2nc(NC(=O)C(C(C(=O)Nc3cc(-n4nc(C)cc4C)nc(-c4cncc(OC)c4)n3)N3CCN(C)CC3)N3CCN(C)CC3)cc(-n3cccn3)n2)c1. The van der Waals surface area contributed by atoms with Crippen LogP contribution < -0.4 is 20.1 Å². The van der Waals surface area contributed by atoms with E-state index in [0.717, 1.165) is 11.4 Å². The number of methoxy groups -OCH3 is 2. The number of amides is 2. The monoisotopic (exact) mass is 841 g/mol. The van der Waals surface area contributed by atoms with Crippen molar-refractivity contribution in [2.24, 2.45) is 0 Å². The van der Waals surface area contributed by atoms with Crippen molar-refractivity contribution in [2.75, 3.05) is 91.3 Å². The van der Waals surface area contributed by atoms with Gasteiger partial charge in [0.05, 0.1) is 26.1 Å². The summed E-state index contributed by atoms with van der Waals surface area (Å²) in [5, 5.41) is 15.3. The molecule has 0 aliphatic carbocycles. The average Bonchev–Trinajstić information content (AvgIpc) is 3.95. The number of carbonyl (C=O) groups is 2. The first-order chi connectivity index (χ1) is 30.0. The zero-order chi connectivity index (χ0) is 43.3. The number of aromatic nitrogens is 9. The van der Waals surface area contributed by atoms with E-state index in [2.05, 4.69) is 59.5 Å². The minimum absolute atomic E-state index is 0.240. The van der Waals surface area contributed by atoms with Crippen molar-refractivity contribution in [1.82, 2.24) is 64.1 Å². The zero-order valence-electron chi connectivity index (χ0n) is 35.8. The van der Waals surface area contributed by atoms with E-state index in [1.807, 2.05) is 44.2 Å². The summed E-state index contributed by atoms with van der Waals surface area (Å²) in [5.74, 6) is 2.46. The molecule has 2 aliphatic heterocycles. The summed E-state index contributed by atoms with van der Waals surface area (Å²) in [6, 6.07) is 14.4. The number of aryl methyl sites for hydroxylation is 2. The van der Waals surface area contributed by atoms with Crippen molar-refractivity contribution in [3.8, 4) is 45.9 Å². The first-order valence-electron chi connectivity index (χ1n) is 20.5. The molecular weight excluding hydrogens is 791 g/mol. The molecule has 7 heterocycles. The maximum atomic E-state index is 15.2. The van der Waals surface area contributed by atoms with Crippen LogP contribution in [0.25, 0.3) is 34.4 Å². The normalized spacial score (nSPS) is 16.4. The van der Waals surface area contributed by atoms with Crippen LogP contribution in [0.1, 0.15) is 11.4 Å². The fourth-order valence-corrected chi connectivity index (χ4v) is 7.78. The Morgan fingerprint density at radius 1 is 0.661 bits per heavy atom. The summed E-state index contributed by atoms with van der Waals surface area (Å²) in [7, 11) is 7.27. The Kier molecular flexibility index (Phi) is 12.6. The van der Waals surface area contributed by atoms with Crippen LogP contribution in [-0.2, 0) is 9.59 Å². The molecule has 2 aliphatic rings. The number of likely N-dealkylation sites (N-methyl/N-ethyl adjacent to an activating group) is 2. The molecule has 322 valence electrons. The number of benzene rings is 1. The maximum absolute atomic E-state index is 15.2. The lowest BCUT2D eigenvalue weighted by atomic mass is 10.00. The highest BCUT2D eigenvalue weighted by molar-refractivity contribution is 6.03. The average molecular weight is 842 g/mol. The summed E-state index contributed by atoms with van der Waals surface area (Å²) in [4.78, 5) is 62.7. The van der Waals surface area contributed by atoms with Gasteiger partial charge in [-0.3, -0.25) is 24.4 Å². The van der Waals surface area contributed by atoms with Crippen molar-refractivity contribution >= 4 is 23.5 Å². The number of hydrogen-bond acceptors (Lipinski definition) is 15. The van der Waals surface area contributed by atoms with Crippen molar-refractivity contribution in [1.29, 1.82) is 0 Å². The summed E-state index contributed by atoms with van der Waals surface area (Å²) < 4.78 is 14.3. The Balaban J connectivity index is 1.19. The Morgan fingerprint density at radius 3 is 1.81 bits per heavy atom. The molecule has 1 aromatic carbocycles. The van der Waals surface area contributed by atoms with Gasteiger partial charge in [-0.15, -0.1) is 0 Å². The Hall–Kier alpha value is -6.67. The van der Waals surface area contributed by atoms with Crippen LogP contribution in [0.2, 0.25) is 0 Å². The van der Waals surface area contributed by atoms with Gasteiger partial charge in [-0.2, -0.15) is 10.2 Å². The van der Waals surface area contributed by atoms with E-state index >= 15 is 9.59 Å². The second-order valence-electron chi connectivity index (χ2n) is 15.6. The standard InChI is InChI=1S/C43H51N15O4/c1-28-21-29(2)58(52-28)37-25-35(47-41(51-37)31-23-33(62-6)27-44-26-31)49-43(60)39(56-19-15-54(4)16-20-56)38(55-17-13-53(3)14-18-55)42(59)48-34-24-36(57-12-8-11-45-57)50-40(46-34)30-9-7-10-32(22-30)61-5/h7-12,21-27,38-39H,13-20H2,1-6H3,(H,46,48,50,59)(H,47,49,51,60). The molecule has 62 heavy (non-hydrogen) atoms. The third-order valence-electron chi connectivity index (χ3n) is 11.1. The highest BCUT2D eigenvalue weighted by Gasteiger charge is 2.43. The van der Waals surface area contributed by atoms with E-state index < -0.39 is 18.0 Å². The van der Waals surface area contributed by atoms with Gasteiger partial charge in [-0.25, -0.2) is 29.3 Å². The fraction of sp³-hybridized carbons (Fsp3) is 0.372. The molecule has 6 aromatic rings. The largest absolute Gasteiger partial charge is 0.497 e. The number of ether oxygens (including phenoxy) is 2. The lowest BCUT2D eigenvalue weighted by Crippen LogP contribution is -2.66. The predicted octanol–water partition coefficient (Wildman–Crippen LogP) is 2.81. The highest BCUT2D eigenvalue weighted by atomic mass is 16.5. The molecular formula is C43H51N15O4. The van der Waals surface area contributed by atoms with Crippen LogP contribution in [-0.4, -0.2) is 169 Å². The van der Waals surface area contributed by atoms with Crippen molar-refractivity contribution in [2.45, 2.75) is 25.9 Å². The molecule has 2 N–H and O–H groups in total. The number of hydrogen-bond donors (Lipinski definition) is 2. The second kappa shape index (κ2) is 18.5. The van der Waals surface area contributed by atoms with Crippen LogP contribution in [0.15, 0.2) is 79.4 Å². The predicted molar refractivity (Wildman–Crippen MR) is 233 cm³/mol. The molecule has 0 radical (unpaired) electrons. The smallest absolute Gasteiger partial charge is 0.245 e. The molecule has 19 heteroatoms. The summed E-state index contributed by atoms with van der Waals surface area (Å²) in [5.41, 5.74) is 2.93. The van der Waals surface area contributed by atoms with Gasteiger partial charge in [-0.1, -0.05) is 12.1 Å². The van der Waals surface area contributed by atoms with Crippen molar-refractivity contribution in [3.05, 3.63) is 90.8 Å². The molecule has 8 rings (SSSR count). The van der Waals surface area contributed by atoms with Crippen LogP contribution in [0.3, 0.4) is 0 Å². The number of nitrogens with zero attached hydrogens (tertiary/aromatic N) is 13. The first kappa shape index (κ1) is 42.0. The van der Waals surface area contributed by atoms with E-state index in [1.54, 1.807) is 72.6 Å². The van der Waals surface area contributed by atoms with Crippen LogP contribution >= 0.6 is 0 Å². The van der Waals surface area contributed by atoms with E-state index in [-0.39, 0.29) is 17.5 Å². The molecule has 2 atom stereocenters. The number of piperazine rings is 2. The van der Waals surface area contributed by atoms with Gasteiger partial charge in [0.15, 0.2) is 23.3 Å². The number of nitrogens with one attached hydrogen (secondary N) is 2. The molecule has 0 spiro atoms. The Morgan fingerprint density at radius 2 is 1.24 bits per heavy atom. The maximum Gasteiger partial charge on any atom is 0.245 e. The first-order valence-corrected chi connectivity index (χ1v) is 20.5. The molecule has 0 bridgehead atoms. The van der Waals surface area contributed by atoms with Crippen molar-refractivity contribution < 1.29 is 19.1 Å². The van der Waals surface area contributed by atoms with E-state index in [9.17, 15) is 0 Å². The number of pyridine rings is 1. The lowest BCUT2D eigenvalue weighted by molar-refractivity contribution is -0.134. The third kappa shape index (κ3) is 9.45. The second-order valence-corrected chi connectivity index (χ2v) is 15.6. The van der Waals surface area contributed by atoms with Gasteiger partial charge >= 0.3 is 0 Å². The zero-order valence-corrected chi connectivity index (χ0v) is 35.8. The van der Waals surface area contributed by atoms with E-state index in [1.165, 1.54) is 0 Å². The Bertz CT molecular complexity index is 2510. The number of rotatable bonds is 13. The summed E-state index contributed by atoms with van der Waals surface area (Å²) in [6.45, 7) is 8.95. The molecule has 2 saturated heterocycles. The van der Waals surface area contributed by atoms with Crippen LogP contribution in [0, 0.1) is 13.8 Å². The van der Waals surface area contributed by atoms with Gasteiger partial charge in [0.2, 0.25) is 11.8 Å². The van der Waals surface area contributed by atoms with Gasteiger partial charge in [0.1, 0.15) is 35.2 Å². The van der Waals surface area contributed by atoms with Crippen molar-refractivity contribution in [3.63, 3.8) is 0 Å². The Labute approximate surface area is 359 Å². The minimum atomic E-state index is -0.939. The van der Waals surface area contributed by atoms with Gasteiger partial charge in [0, 0.05) is 99.9 Å². The number of carbonyl (C=O) groups excluding carboxylic acids is 2. The molecule has 0 saturated carbocycles. The molecule has 2 amide bonds. The van der Waals surface area contributed by atoms with Gasteiger partial charge in [0.25, 0.3) is 0 Å². The van der Waals surface area contributed by atoms with E-state index in [0.29, 0.717) is 98.3 Å². The molecule has 2 unspecified atom stereocenters. The number of anilines is 2. The summed E-state index contributed by atoms with van der Waals surface area (Å²) >= 11 is 0. The molecule has 19 nitrogen and oxygen atoms in total. The van der Waals surface area contributed by atoms with E-state index in [4.69, 9.17) is 29.4 Å². The highest BCUT2D eigenvalue weighted by Crippen LogP contribution is 2.27. The quantitative estimate of drug-likeness (QED) is 0.173. The van der Waals surface area contributed by atoms with Crippen LogP contribution in [0.4, 0.5) is 11.6 Å². The lowest BCUT2D eigenvalue weighted by Gasteiger charge is -2.45. The minimum Gasteiger partial charge on any atom is -0.497 e. The summed E-state index contributed by atoms with van der Waals surface area (Å²) in [6.07, 6.45) is 6.66. The third-order valence-corrected chi connectivity index (χ3v) is 11.1. The molecule has 2 fully saturated rings. The molecule has 5 aromatic heterocycles. The van der Waals surface area contributed by atoms with Gasteiger partial charge in [-0.05, 0) is 58.3 Å². The fourth-order valence-electron chi connectivity index (χ4n) is 7.78. The van der Waals surface area contributed by atoms with Gasteiger partial charge < -0.3 is 29.9 Å². The van der Waals surface area contributed by atoms with Crippen LogP contribution in [0.5, 0.6) is 11.5 Å². The topological polar surface area (TPSA) is 190 Å².